The van der Waals surface area contributed by atoms with Crippen molar-refractivity contribution in [1.29, 1.82) is 0 Å². The minimum Gasteiger partial charge on any atom is -0.277 e. The van der Waals surface area contributed by atoms with E-state index in [9.17, 15) is 12.8 Å². The molecule has 0 aromatic heterocycles. The molecule has 1 N–H and O–H groups in total. The van der Waals surface area contributed by atoms with Crippen LogP contribution in [0.4, 0.5) is 10.1 Å². The summed E-state index contributed by atoms with van der Waals surface area (Å²) in [5, 5.41) is 0.271. The standard InChI is InChI=1S/C12H6Br2Cl2FNO2S/c13-6-3-9(15)12(10(16)4-6)18-21(19,20)11-2-1-7(17)5-8(11)14/h1-5,18H. The third kappa shape index (κ3) is 3.90. The van der Waals surface area contributed by atoms with Gasteiger partial charge >= 0.3 is 0 Å². The molecule has 0 atom stereocenters. The van der Waals surface area contributed by atoms with Crippen molar-refractivity contribution < 1.29 is 12.8 Å². The van der Waals surface area contributed by atoms with Gasteiger partial charge in [0.25, 0.3) is 10.0 Å². The van der Waals surface area contributed by atoms with Crippen molar-refractivity contribution in [1.82, 2.24) is 0 Å². The molecule has 0 amide bonds. The fourth-order valence-corrected chi connectivity index (χ4v) is 5.09. The molecular formula is C12H6Br2Cl2FNO2S. The molecule has 0 unspecified atom stereocenters. The van der Waals surface area contributed by atoms with Crippen molar-refractivity contribution in [3.8, 4) is 0 Å². The van der Waals surface area contributed by atoms with E-state index in [0.717, 1.165) is 18.2 Å². The lowest BCUT2D eigenvalue weighted by Gasteiger charge is -2.12. The number of benzene rings is 2. The summed E-state index contributed by atoms with van der Waals surface area (Å²) < 4.78 is 40.7. The van der Waals surface area contributed by atoms with E-state index in [1.807, 2.05) is 0 Å². The normalized spacial score (nSPS) is 11.5. The molecule has 2 aromatic carbocycles. The van der Waals surface area contributed by atoms with Crippen LogP contribution in [0.5, 0.6) is 0 Å². The van der Waals surface area contributed by atoms with Crippen LogP contribution in [0.15, 0.2) is 44.2 Å². The summed E-state index contributed by atoms with van der Waals surface area (Å²) in [5.41, 5.74) is 0.0535. The van der Waals surface area contributed by atoms with Gasteiger partial charge in [-0.2, -0.15) is 0 Å². The van der Waals surface area contributed by atoms with Crippen LogP contribution in [0.1, 0.15) is 0 Å². The predicted molar refractivity (Wildman–Crippen MR) is 89.1 cm³/mol. The van der Waals surface area contributed by atoms with E-state index in [-0.39, 0.29) is 25.1 Å². The smallest absolute Gasteiger partial charge is 0.263 e. The van der Waals surface area contributed by atoms with E-state index in [4.69, 9.17) is 23.2 Å². The van der Waals surface area contributed by atoms with E-state index in [2.05, 4.69) is 36.6 Å². The van der Waals surface area contributed by atoms with Gasteiger partial charge in [-0.15, -0.1) is 0 Å². The molecule has 0 aliphatic carbocycles. The lowest BCUT2D eigenvalue weighted by molar-refractivity contribution is 0.599. The van der Waals surface area contributed by atoms with Crippen molar-refractivity contribution in [2.75, 3.05) is 4.72 Å². The predicted octanol–water partition coefficient (Wildman–Crippen LogP) is 5.46. The van der Waals surface area contributed by atoms with Crippen molar-refractivity contribution in [3.63, 3.8) is 0 Å². The second kappa shape index (κ2) is 6.42. The highest BCUT2D eigenvalue weighted by Crippen LogP contribution is 2.36. The van der Waals surface area contributed by atoms with Crippen LogP contribution in [-0.2, 0) is 10.0 Å². The second-order valence-electron chi connectivity index (χ2n) is 3.92. The van der Waals surface area contributed by atoms with Gasteiger partial charge in [-0.05, 0) is 46.3 Å². The zero-order valence-electron chi connectivity index (χ0n) is 10.0. The molecule has 0 aliphatic heterocycles. The van der Waals surface area contributed by atoms with Gasteiger partial charge < -0.3 is 0 Å². The van der Waals surface area contributed by atoms with E-state index >= 15 is 0 Å². The Hall–Kier alpha value is -0.340. The number of sulfonamides is 1. The number of nitrogens with one attached hydrogen (secondary N) is 1. The molecule has 9 heteroatoms. The topological polar surface area (TPSA) is 46.2 Å². The summed E-state index contributed by atoms with van der Waals surface area (Å²) in [6.45, 7) is 0. The zero-order chi connectivity index (χ0) is 15.8. The van der Waals surface area contributed by atoms with Crippen LogP contribution in [0.25, 0.3) is 0 Å². The highest BCUT2D eigenvalue weighted by atomic mass is 79.9. The molecule has 3 nitrogen and oxygen atoms in total. The summed E-state index contributed by atoms with van der Waals surface area (Å²) >= 11 is 18.2. The Labute approximate surface area is 147 Å². The molecule has 0 fully saturated rings. The first-order valence-corrected chi connectivity index (χ1v) is 9.15. The van der Waals surface area contributed by atoms with Crippen molar-refractivity contribution >= 4 is 70.8 Å². The first-order chi connectivity index (χ1) is 9.70. The van der Waals surface area contributed by atoms with Gasteiger partial charge in [-0.1, -0.05) is 39.1 Å². The Morgan fingerprint density at radius 2 is 1.62 bits per heavy atom. The Kier molecular flexibility index (Phi) is 5.20. The summed E-state index contributed by atoms with van der Waals surface area (Å²) in [6.07, 6.45) is 0. The quantitative estimate of drug-likeness (QED) is 0.638. The lowest BCUT2D eigenvalue weighted by atomic mass is 10.3. The highest BCUT2D eigenvalue weighted by molar-refractivity contribution is 9.10. The fraction of sp³-hybridized carbons (Fsp3) is 0. The van der Waals surface area contributed by atoms with Crippen molar-refractivity contribution in [2.24, 2.45) is 0 Å². The molecule has 0 saturated heterocycles. The molecular weight excluding hydrogens is 472 g/mol. The van der Waals surface area contributed by atoms with Crippen LogP contribution in [0.2, 0.25) is 10.0 Å². The molecule has 2 aromatic rings. The van der Waals surface area contributed by atoms with Gasteiger partial charge in [0, 0.05) is 8.95 Å². The summed E-state index contributed by atoms with van der Waals surface area (Å²) in [7, 11) is -3.97. The van der Waals surface area contributed by atoms with Gasteiger partial charge in [-0.3, -0.25) is 4.72 Å². The maximum atomic E-state index is 13.0. The monoisotopic (exact) mass is 475 g/mol. The molecule has 21 heavy (non-hydrogen) atoms. The maximum Gasteiger partial charge on any atom is 0.263 e. The SMILES string of the molecule is O=S(=O)(Nc1c(Cl)cc(Br)cc1Cl)c1ccc(F)cc1Br. The largest absolute Gasteiger partial charge is 0.277 e. The zero-order valence-corrected chi connectivity index (χ0v) is 15.5. The minimum atomic E-state index is -3.97. The van der Waals surface area contributed by atoms with E-state index < -0.39 is 15.8 Å². The van der Waals surface area contributed by atoms with E-state index in [0.29, 0.717) is 4.47 Å². The van der Waals surface area contributed by atoms with Crippen LogP contribution in [0.3, 0.4) is 0 Å². The van der Waals surface area contributed by atoms with Crippen molar-refractivity contribution in [3.05, 3.63) is 55.1 Å². The third-order valence-corrected chi connectivity index (χ3v) is 5.81. The summed E-state index contributed by atoms with van der Waals surface area (Å²) in [6, 6.07) is 6.25. The molecule has 0 radical (unpaired) electrons. The Balaban J connectivity index is 2.47. The molecule has 2 rings (SSSR count). The number of hydrogen-bond acceptors (Lipinski definition) is 2. The maximum absolute atomic E-state index is 13.0. The average molecular weight is 478 g/mol. The molecule has 0 heterocycles. The van der Waals surface area contributed by atoms with E-state index in [1.165, 1.54) is 12.1 Å². The second-order valence-corrected chi connectivity index (χ2v) is 8.16. The average Bonchev–Trinajstić information content (AvgIpc) is 2.33. The molecule has 0 saturated carbocycles. The van der Waals surface area contributed by atoms with Gasteiger partial charge in [-0.25, -0.2) is 12.8 Å². The Morgan fingerprint density at radius 1 is 1.05 bits per heavy atom. The Bertz CT molecular complexity index is 792. The Morgan fingerprint density at radius 3 is 2.14 bits per heavy atom. The fourth-order valence-electron chi connectivity index (χ4n) is 1.52. The minimum absolute atomic E-state index is 0.0535. The van der Waals surface area contributed by atoms with Crippen LogP contribution >= 0.6 is 55.1 Å². The van der Waals surface area contributed by atoms with Gasteiger partial charge in [0.15, 0.2) is 0 Å². The number of anilines is 1. The summed E-state index contributed by atoms with van der Waals surface area (Å²) in [4.78, 5) is -0.126. The number of rotatable bonds is 3. The van der Waals surface area contributed by atoms with Crippen molar-refractivity contribution in [2.45, 2.75) is 4.90 Å². The highest BCUT2D eigenvalue weighted by Gasteiger charge is 2.21. The molecule has 0 aliphatic rings. The molecule has 0 spiro atoms. The van der Waals surface area contributed by atoms with Crippen LogP contribution < -0.4 is 4.72 Å². The molecule has 112 valence electrons. The third-order valence-electron chi connectivity index (χ3n) is 2.43. The van der Waals surface area contributed by atoms with E-state index in [1.54, 1.807) is 0 Å². The van der Waals surface area contributed by atoms with Gasteiger partial charge in [0.1, 0.15) is 10.7 Å². The van der Waals surface area contributed by atoms with Gasteiger partial charge in [0.2, 0.25) is 0 Å². The summed E-state index contributed by atoms with van der Waals surface area (Å²) in [5.74, 6) is -0.555. The first-order valence-electron chi connectivity index (χ1n) is 5.33. The van der Waals surface area contributed by atoms with Crippen LogP contribution in [0, 0.1) is 5.82 Å². The van der Waals surface area contributed by atoms with Gasteiger partial charge in [0.05, 0.1) is 15.7 Å². The van der Waals surface area contributed by atoms with Crippen LogP contribution in [-0.4, -0.2) is 8.42 Å². The lowest BCUT2D eigenvalue weighted by Crippen LogP contribution is -2.14. The molecule has 0 bridgehead atoms. The first kappa shape index (κ1) is 17.0. The number of hydrogen-bond donors (Lipinski definition) is 1. The number of halogens is 5.